The summed E-state index contributed by atoms with van der Waals surface area (Å²) < 4.78 is 41.1. The SMILES string of the molecule is C=CC(=O)NCC1CC(Nc2ncnc3sc(CC(F)(F)F)cc23)CCN1Cc1ccc2c(cc(C#N)n2Cc2cn[nH]c2)c1C. The van der Waals surface area contributed by atoms with Crippen molar-refractivity contribution in [3.8, 4) is 6.07 Å². The number of nitrogens with zero attached hydrogens (tertiary/aromatic N) is 6. The van der Waals surface area contributed by atoms with Crippen LogP contribution in [0.2, 0.25) is 0 Å². The Balaban J connectivity index is 1.22. The number of rotatable bonds is 10. The Morgan fingerprint density at radius 1 is 1.26 bits per heavy atom. The normalized spacial score (nSPS) is 17.3. The first-order valence-corrected chi connectivity index (χ1v) is 15.6. The number of aryl methyl sites for hydroxylation is 1. The summed E-state index contributed by atoms with van der Waals surface area (Å²) in [5.41, 5.74) is 4.73. The Hall–Kier alpha value is -4.74. The smallest absolute Gasteiger partial charge is 0.367 e. The number of benzene rings is 1. The lowest BCUT2D eigenvalue weighted by molar-refractivity contribution is -0.126. The predicted molar refractivity (Wildman–Crippen MR) is 170 cm³/mol. The second-order valence-electron chi connectivity index (χ2n) is 11.5. The minimum Gasteiger partial charge on any atom is -0.367 e. The number of nitriles is 1. The lowest BCUT2D eigenvalue weighted by Crippen LogP contribution is -2.51. The van der Waals surface area contributed by atoms with Crippen LogP contribution in [0.3, 0.4) is 0 Å². The molecule has 1 aromatic carbocycles. The summed E-state index contributed by atoms with van der Waals surface area (Å²) in [7, 11) is 0. The third-order valence-electron chi connectivity index (χ3n) is 8.48. The molecule has 238 valence electrons. The Kier molecular flexibility index (Phi) is 8.79. The molecule has 3 N–H and O–H groups in total. The third-order valence-corrected chi connectivity index (χ3v) is 9.52. The minimum absolute atomic E-state index is 0.0235. The van der Waals surface area contributed by atoms with Crippen LogP contribution in [0.1, 0.15) is 40.1 Å². The Morgan fingerprint density at radius 2 is 2.11 bits per heavy atom. The first-order chi connectivity index (χ1) is 22.1. The van der Waals surface area contributed by atoms with E-state index in [4.69, 9.17) is 0 Å². The summed E-state index contributed by atoms with van der Waals surface area (Å²) in [4.78, 5) is 23.7. The van der Waals surface area contributed by atoms with Gasteiger partial charge in [-0.1, -0.05) is 12.6 Å². The van der Waals surface area contributed by atoms with E-state index in [0.29, 0.717) is 54.3 Å². The Bertz CT molecular complexity index is 1920. The van der Waals surface area contributed by atoms with Crippen molar-refractivity contribution in [2.24, 2.45) is 0 Å². The van der Waals surface area contributed by atoms with Gasteiger partial charge in [0, 0.05) is 59.3 Å². The van der Waals surface area contributed by atoms with Gasteiger partial charge in [-0.05, 0) is 55.2 Å². The molecule has 0 bridgehead atoms. The molecule has 2 atom stereocenters. The molecule has 5 aromatic rings. The van der Waals surface area contributed by atoms with Crippen LogP contribution in [0, 0.1) is 18.3 Å². The zero-order chi connectivity index (χ0) is 32.4. The van der Waals surface area contributed by atoms with E-state index < -0.39 is 12.6 Å². The number of nitrogens with one attached hydrogen (secondary N) is 3. The largest absolute Gasteiger partial charge is 0.393 e. The fourth-order valence-electron chi connectivity index (χ4n) is 6.16. The van der Waals surface area contributed by atoms with Gasteiger partial charge in [-0.2, -0.15) is 23.5 Å². The molecular weight excluding hydrogens is 615 g/mol. The standard InChI is InChI=1S/C32H32F3N9OS/c1-3-29(45)37-15-24-8-22(42-30-27-10-25(11-32(33,34)35)46-31(27)39-18-38-30)6-7-43(24)17-21-4-5-28-26(19(21)2)9-23(12-36)44(28)16-20-13-40-41-14-20/h3-5,9-10,13-14,18,22,24H,1,6-8,11,15-17H2,2H3,(H,37,45)(H,40,41)(H,38,39,42). The van der Waals surface area contributed by atoms with Crippen molar-refractivity contribution in [3.05, 3.63) is 82.9 Å². The zero-order valence-corrected chi connectivity index (χ0v) is 25.9. The van der Waals surface area contributed by atoms with Crippen LogP contribution in [-0.2, 0) is 24.3 Å². The topological polar surface area (TPSA) is 128 Å². The number of alkyl halides is 3. The second-order valence-corrected chi connectivity index (χ2v) is 12.6. The van der Waals surface area contributed by atoms with Gasteiger partial charge in [0.1, 0.15) is 28.7 Å². The van der Waals surface area contributed by atoms with Crippen molar-refractivity contribution < 1.29 is 18.0 Å². The highest BCUT2D eigenvalue weighted by molar-refractivity contribution is 7.18. The van der Waals surface area contributed by atoms with Crippen LogP contribution in [0.5, 0.6) is 0 Å². The number of hydrogen-bond donors (Lipinski definition) is 3. The first-order valence-electron chi connectivity index (χ1n) is 14.8. The fourth-order valence-corrected chi connectivity index (χ4v) is 7.19. The minimum atomic E-state index is -4.30. The number of aromatic amines is 1. The molecule has 0 aliphatic carbocycles. The van der Waals surface area contributed by atoms with Crippen LogP contribution in [0.15, 0.2) is 55.6 Å². The van der Waals surface area contributed by atoms with Crippen molar-refractivity contribution >= 4 is 44.2 Å². The first kappa shape index (κ1) is 31.3. The average Bonchev–Trinajstić information content (AvgIpc) is 3.77. The lowest BCUT2D eigenvalue weighted by Gasteiger charge is -2.40. The molecule has 1 fully saturated rings. The van der Waals surface area contributed by atoms with Crippen LogP contribution in [0.4, 0.5) is 19.0 Å². The highest BCUT2D eigenvalue weighted by Crippen LogP contribution is 2.34. The van der Waals surface area contributed by atoms with E-state index in [1.165, 1.54) is 18.5 Å². The van der Waals surface area contributed by atoms with Crippen molar-refractivity contribution in [2.75, 3.05) is 18.4 Å². The van der Waals surface area contributed by atoms with Gasteiger partial charge in [0.25, 0.3) is 0 Å². The molecule has 1 aliphatic rings. The number of piperidine rings is 1. The number of fused-ring (bicyclic) bond motifs is 2. The Labute approximate surface area is 266 Å². The molecule has 1 amide bonds. The van der Waals surface area contributed by atoms with Crippen LogP contribution in [0.25, 0.3) is 21.1 Å². The molecule has 10 nitrogen and oxygen atoms in total. The molecular formula is C32H32F3N9OS. The summed E-state index contributed by atoms with van der Waals surface area (Å²) >= 11 is 1.02. The number of H-pyrrole nitrogens is 1. The maximum absolute atomic E-state index is 13.0. The lowest BCUT2D eigenvalue weighted by atomic mass is 9.95. The maximum atomic E-state index is 13.0. The third kappa shape index (κ3) is 6.75. The zero-order valence-electron chi connectivity index (χ0n) is 25.1. The number of thiophene rings is 1. The second kappa shape index (κ2) is 12.9. The van der Waals surface area contributed by atoms with E-state index >= 15 is 0 Å². The number of likely N-dealkylation sites (tertiary alicyclic amines) is 1. The van der Waals surface area contributed by atoms with Crippen molar-refractivity contribution in [1.82, 2.24) is 34.9 Å². The monoisotopic (exact) mass is 647 g/mol. The predicted octanol–water partition coefficient (Wildman–Crippen LogP) is 5.45. The van der Waals surface area contributed by atoms with E-state index in [1.54, 1.807) is 6.20 Å². The van der Waals surface area contributed by atoms with Gasteiger partial charge in [-0.25, -0.2) is 9.97 Å². The van der Waals surface area contributed by atoms with Gasteiger partial charge in [0.2, 0.25) is 5.91 Å². The summed E-state index contributed by atoms with van der Waals surface area (Å²) in [6.07, 6.45) is 2.30. The van der Waals surface area contributed by atoms with Gasteiger partial charge in [0.05, 0.1) is 24.5 Å². The number of amides is 1. The van der Waals surface area contributed by atoms with Gasteiger partial charge in [-0.3, -0.25) is 14.8 Å². The summed E-state index contributed by atoms with van der Waals surface area (Å²) in [6.45, 7) is 7.91. The summed E-state index contributed by atoms with van der Waals surface area (Å²) in [5, 5.41) is 24.7. The quantitative estimate of drug-likeness (QED) is 0.172. The van der Waals surface area contributed by atoms with Gasteiger partial charge in [0.15, 0.2) is 0 Å². The number of carbonyl (C=O) groups excluding carboxylic acids is 1. The molecule has 0 saturated carbocycles. The van der Waals surface area contributed by atoms with Crippen LogP contribution >= 0.6 is 11.3 Å². The Morgan fingerprint density at radius 3 is 2.85 bits per heavy atom. The van der Waals surface area contributed by atoms with Crippen molar-refractivity contribution in [3.63, 3.8) is 0 Å². The molecule has 1 aliphatic heterocycles. The van der Waals surface area contributed by atoms with Gasteiger partial charge < -0.3 is 15.2 Å². The maximum Gasteiger partial charge on any atom is 0.393 e. The van der Waals surface area contributed by atoms with E-state index in [-0.39, 0.29) is 22.9 Å². The summed E-state index contributed by atoms with van der Waals surface area (Å²) in [6, 6.07) is 9.86. The molecule has 0 spiro atoms. The molecule has 4 aromatic heterocycles. The van der Waals surface area contributed by atoms with E-state index in [9.17, 15) is 23.2 Å². The van der Waals surface area contributed by atoms with Gasteiger partial charge >= 0.3 is 6.18 Å². The molecule has 1 saturated heterocycles. The van der Waals surface area contributed by atoms with Crippen molar-refractivity contribution in [1.29, 1.82) is 5.26 Å². The number of anilines is 1. The summed E-state index contributed by atoms with van der Waals surface area (Å²) in [5.74, 6) is 0.250. The van der Waals surface area contributed by atoms with E-state index in [2.05, 4.69) is 67.4 Å². The molecule has 46 heavy (non-hydrogen) atoms. The number of halogens is 3. The molecule has 6 rings (SSSR count). The average molecular weight is 648 g/mol. The van der Waals surface area contributed by atoms with E-state index in [1.807, 2.05) is 16.8 Å². The van der Waals surface area contributed by atoms with Crippen LogP contribution in [-0.4, -0.2) is 66.9 Å². The molecule has 2 unspecified atom stereocenters. The fraction of sp³-hybridized carbons (Fsp3) is 0.344. The number of hydrogen-bond acceptors (Lipinski definition) is 8. The molecule has 14 heteroatoms. The van der Waals surface area contributed by atoms with Gasteiger partial charge in [-0.15, -0.1) is 11.3 Å². The number of aromatic nitrogens is 5. The molecule has 0 radical (unpaired) electrons. The van der Waals surface area contributed by atoms with E-state index in [0.717, 1.165) is 45.4 Å². The van der Waals surface area contributed by atoms with Crippen molar-refractivity contribution in [2.45, 2.75) is 57.5 Å². The molecule has 5 heterocycles. The van der Waals surface area contributed by atoms with Crippen LogP contribution < -0.4 is 10.6 Å². The highest BCUT2D eigenvalue weighted by atomic mass is 32.1. The number of carbonyl (C=O) groups is 1. The highest BCUT2D eigenvalue weighted by Gasteiger charge is 2.31.